The summed E-state index contributed by atoms with van der Waals surface area (Å²) >= 11 is 0. The highest BCUT2D eigenvalue weighted by molar-refractivity contribution is 5.95. The van der Waals surface area contributed by atoms with Crippen molar-refractivity contribution in [2.75, 3.05) is 0 Å². The first-order valence-electron chi connectivity index (χ1n) is 5.68. The minimum absolute atomic E-state index is 0.448. The molecule has 2 aromatic rings. The van der Waals surface area contributed by atoms with Gasteiger partial charge < -0.3 is 0 Å². The van der Waals surface area contributed by atoms with Crippen LogP contribution < -0.4 is 22.3 Å². The van der Waals surface area contributed by atoms with Crippen LogP contribution in [0.3, 0.4) is 0 Å². The van der Waals surface area contributed by atoms with Gasteiger partial charge in [0.1, 0.15) is 0 Å². The Labute approximate surface area is 101 Å². The van der Waals surface area contributed by atoms with E-state index in [0.29, 0.717) is 11.6 Å². The van der Waals surface area contributed by atoms with Crippen LogP contribution in [0.15, 0.2) is 36.4 Å². The molecule has 0 spiro atoms. The van der Waals surface area contributed by atoms with Gasteiger partial charge in [0.2, 0.25) is 0 Å². The Morgan fingerprint density at radius 1 is 0.882 bits per heavy atom. The van der Waals surface area contributed by atoms with Crippen LogP contribution in [0, 0.1) is 0 Å². The van der Waals surface area contributed by atoms with Gasteiger partial charge in [-0.25, -0.2) is 0 Å². The van der Waals surface area contributed by atoms with E-state index < -0.39 is 4.81 Å². The van der Waals surface area contributed by atoms with Crippen LogP contribution in [-0.4, -0.2) is 0 Å². The SMILES string of the molecule is CC(C)c1cccc2c([N+](N)(N)N)cccc12. The van der Waals surface area contributed by atoms with Crippen LogP contribution in [-0.2, 0) is 0 Å². The molecule has 0 saturated carbocycles. The highest BCUT2D eigenvalue weighted by Gasteiger charge is 2.20. The summed E-state index contributed by atoms with van der Waals surface area (Å²) in [6.07, 6.45) is 0. The summed E-state index contributed by atoms with van der Waals surface area (Å²) in [5.74, 6) is 17.7. The molecule has 0 bridgehead atoms. The number of quaternary nitrogens is 1. The summed E-state index contributed by atoms with van der Waals surface area (Å²) in [5.41, 5.74) is 1.99. The molecule has 0 aliphatic heterocycles. The number of fused-ring (bicyclic) bond motifs is 1. The normalized spacial score (nSPS) is 12.4. The van der Waals surface area contributed by atoms with Crippen LogP contribution in [0.4, 0.5) is 5.69 Å². The van der Waals surface area contributed by atoms with Crippen LogP contribution in [0.2, 0.25) is 0 Å². The molecule has 0 saturated heterocycles. The number of rotatable bonds is 2. The lowest BCUT2D eigenvalue weighted by Crippen LogP contribution is -2.67. The smallest absolute Gasteiger partial charge is 0.136 e. The van der Waals surface area contributed by atoms with Gasteiger partial charge in [-0.2, -0.15) is 0 Å². The molecule has 4 nitrogen and oxygen atoms in total. The van der Waals surface area contributed by atoms with E-state index in [1.165, 1.54) is 5.56 Å². The average Bonchev–Trinajstić information content (AvgIpc) is 2.26. The van der Waals surface area contributed by atoms with Crippen molar-refractivity contribution in [2.24, 2.45) is 17.5 Å². The van der Waals surface area contributed by atoms with Crippen LogP contribution in [0.5, 0.6) is 0 Å². The standard InChI is InChI=1S/C13H19N4/c1-9(2)10-5-3-7-12-11(10)6-4-8-13(12)17(14,15)16/h3-9H,14-16H2,1-2H3/q+1. The monoisotopic (exact) mass is 231 g/mol. The predicted octanol–water partition coefficient (Wildman–Crippen LogP) is 1.89. The van der Waals surface area contributed by atoms with Crippen molar-refractivity contribution in [3.05, 3.63) is 42.0 Å². The minimum atomic E-state index is -0.640. The molecule has 0 fully saturated rings. The fraction of sp³-hybridized carbons (Fsp3) is 0.231. The Kier molecular flexibility index (Phi) is 2.89. The van der Waals surface area contributed by atoms with Crippen molar-refractivity contribution < 1.29 is 0 Å². The first kappa shape index (κ1) is 12.0. The highest BCUT2D eigenvalue weighted by atomic mass is 15.9. The molecule has 6 N–H and O–H groups in total. The van der Waals surface area contributed by atoms with Gasteiger partial charge in [0.05, 0.1) is 0 Å². The zero-order valence-electron chi connectivity index (χ0n) is 10.2. The third-order valence-electron chi connectivity index (χ3n) is 2.97. The fourth-order valence-electron chi connectivity index (χ4n) is 2.16. The summed E-state index contributed by atoms with van der Waals surface area (Å²) in [4.78, 5) is -0.640. The van der Waals surface area contributed by atoms with Crippen molar-refractivity contribution in [1.29, 1.82) is 0 Å². The van der Waals surface area contributed by atoms with Crippen molar-refractivity contribution >= 4 is 16.5 Å². The highest BCUT2D eigenvalue weighted by Crippen LogP contribution is 2.31. The third-order valence-corrected chi connectivity index (χ3v) is 2.97. The molecule has 0 radical (unpaired) electrons. The molecular weight excluding hydrogens is 212 g/mol. The zero-order valence-corrected chi connectivity index (χ0v) is 10.2. The van der Waals surface area contributed by atoms with Gasteiger partial charge in [-0.1, -0.05) is 42.9 Å². The molecule has 0 heterocycles. The van der Waals surface area contributed by atoms with E-state index >= 15 is 0 Å². The molecule has 0 aliphatic rings. The Bertz CT molecular complexity index is 541. The molecule has 0 aromatic heterocycles. The van der Waals surface area contributed by atoms with Gasteiger partial charge in [-0.05, 0) is 22.9 Å². The van der Waals surface area contributed by atoms with E-state index in [1.54, 1.807) is 0 Å². The second-order valence-electron chi connectivity index (χ2n) is 4.71. The molecule has 0 amide bonds. The fourth-order valence-corrected chi connectivity index (χ4v) is 2.16. The Morgan fingerprint density at radius 2 is 1.47 bits per heavy atom. The average molecular weight is 231 g/mol. The second kappa shape index (κ2) is 4.09. The Balaban J connectivity index is 2.79. The lowest BCUT2D eigenvalue weighted by atomic mass is 9.95. The summed E-state index contributed by atoms with van der Waals surface area (Å²) in [6.45, 7) is 4.33. The van der Waals surface area contributed by atoms with Gasteiger partial charge in [-0.15, -0.1) is 17.5 Å². The van der Waals surface area contributed by atoms with Gasteiger partial charge in [-0.3, -0.25) is 0 Å². The van der Waals surface area contributed by atoms with E-state index in [0.717, 1.165) is 10.8 Å². The van der Waals surface area contributed by atoms with Crippen LogP contribution in [0.25, 0.3) is 10.8 Å². The van der Waals surface area contributed by atoms with E-state index in [-0.39, 0.29) is 0 Å². The molecule has 2 aromatic carbocycles. The summed E-state index contributed by atoms with van der Waals surface area (Å²) in [7, 11) is 0. The quantitative estimate of drug-likeness (QED) is 0.419. The van der Waals surface area contributed by atoms with Crippen molar-refractivity contribution in [3.63, 3.8) is 0 Å². The first-order valence-corrected chi connectivity index (χ1v) is 5.68. The van der Waals surface area contributed by atoms with Crippen LogP contribution in [0.1, 0.15) is 25.3 Å². The second-order valence-corrected chi connectivity index (χ2v) is 4.71. The van der Waals surface area contributed by atoms with Gasteiger partial charge in [0.15, 0.2) is 5.69 Å². The minimum Gasteiger partial charge on any atom is -0.136 e. The lowest BCUT2D eigenvalue weighted by molar-refractivity contribution is 0.304. The van der Waals surface area contributed by atoms with Crippen molar-refractivity contribution in [1.82, 2.24) is 4.81 Å². The Morgan fingerprint density at radius 3 is 2.06 bits per heavy atom. The van der Waals surface area contributed by atoms with Gasteiger partial charge in [0, 0.05) is 11.5 Å². The van der Waals surface area contributed by atoms with Gasteiger partial charge >= 0.3 is 0 Å². The topological polar surface area (TPSA) is 78.1 Å². The number of hydrogen-bond donors (Lipinski definition) is 3. The maximum atomic E-state index is 5.74. The van der Waals surface area contributed by atoms with Crippen molar-refractivity contribution in [2.45, 2.75) is 19.8 Å². The number of nitrogens with zero attached hydrogens (tertiary/aromatic N) is 1. The van der Waals surface area contributed by atoms with Crippen molar-refractivity contribution in [3.8, 4) is 0 Å². The summed E-state index contributed by atoms with van der Waals surface area (Å²) in [6, 6.07) is 12.0. The molecule has 0 atom stereocenters. The zero-order chi connectivity index (χ0) is 12.6. The molecular formula is C13H19N4+. The third kappa shape index (κ3) is 2.16. The van der Waals surface area contributed by atoms with E-state index in [2.05, 4.69) is 26.0 Å². The largest absolute Gasteiger partial charge is 0.199 e. The van der Waals surface area contributed by atoms with E-state index in [1.807, 2.05) is 24.3 Å². The van der Waals surface area contributed by atoms with E-state index in [4.69, 9.17) is 17.5 Å². The predicted molar refractivity (Wildman–Crippen MR) is 72.4 cm³/mol. The molecule has 17 heavy (non-hydrogen) atoms. The Hall–Kier alpha value is -1.46. The summed E-state index contributed by atoms with van der Waals surface area (Å²) < 4.78 is 0. The first-order chi connectivity index (χ1) is 7.91. The van der Waals surface area contributed by atoms with Gasteiger partial charge in [0.25, 0.3) is 0 Å². The molecule has 2 rings (SSSR count). The van der Waals surface area contributed by atoms with E-state index in [9.17, 15) is 0 Å². The molecule has 4 heteroatoms. The molecule has 0 unspecified atom stereocenters. The van der Waals surface area contributed by atoms with Crippen LogP contribution >= 0.6 is 0 Å². The number of benzene rings is 2. The molecule has 0 aliphatic carbocycles. The maximum absolute atomic E-state index is 5.74. The number of hydrogen-bond acceptors (Lipinski definition) is 3. The number of nitrogens with two attached hydrogens (primary N) is 3. The lowest BCUT2D eigenvalue weighted by Gasteiger charge is -2.21. The maximum Gasteiger partial charge on any atom is 0.199 e. The molecule has 90 valence electrons. The summed E-state index contributed by atoms with van der Waals surface area (Å²) in [5, 5.41) is 2.16.